The normalized spacial score (nSPS) is 15.9. The molecule has 0 saturated heterocycles. The van der Waals surface area contributed by atoms with Gasteiger partial charge in [0.25, 0.3) is 0 Å². The number of hydrogen-bond acceptors (Lipinski definition) is 1. The number of aromatic carboxylic acids is 1. The zero-order valence-corrected chi connectivity index (χ0v) is 12.6. The zero-order valence-electron chi connectivity index (χ0n) is 12.6. The van der Waals surface area contributed by atoms with E-state index < -0.39 is 5.97 Å². The molecule has 0 heterocycles. The third-order valence-corrected chi connectivity index (χ3v) is 4.27. The Bertz CT molecular complexity index is 788. The third kappa shape index (κ3) is 2.33. The predicted molar refractivity (Wildman–Crippen MR) is 84.5 cm³/mol. The first-order chi connectivity index (χ1) is 10.4. The minimum absolute atomic E-state index is 0.0961. The van der Waals surface area contributed by atoms with Gasteiger partial charge in [-0.3, -0.25) is 0 Å². The number of allylic oxidation sites excluding steroid dienone is 1. The van der Waals surface area contributed by atoms with Crippen molar-refractivity contribution in [3.63, 3.8) is 0 Å². The van der Waals surface area contributed by atoms with Crippen molar-refractivity contribution in [2.75, 3.05) is 0 Å². The molecule has 2 nitrogen and oxygen atoms in total. The fourth-order valence-electron chi connectivity index (χ4n) is 3.00. The molecule has 22 heavy (non-hydrogen) atoms. The van der Waals surface area contributed by atoms with Crippen LogP contribution in [-0.4, -0.2) is 11.1 Å². The van der Waals surface area contributed by atoms with Crippen LogP contribution in [-0.2, 0) is 5.41 Å². The fraction of sp³-hybridized carbons (Fsp3) is 0.211. The van der Waals surface area contributed by atoms with Crippen LogP contribution < -0.4 is 0 Å². The molecular formula is C19H17FO2. The Morgan fingerprint density at radius 1 is 1.14 bits per heavy atom. The largest absolute Gasteiger partial charge is 0.478 e. The first-order valence-electron chi connectivity index (χ1n) is 7.23. The second-order valence-electron chi connectivity index (χ2n) is 6.25. The SMILES string of the molecule is CC1(C)CC=C(c2ccccc2F)c2cc(C(=O)O)ccc21. The van der Waals surface area contributed by atoms with Gasteiger partial charge in [0.1, 0.15) is 5.82 Å². The van der Waals surface area contributed by atoms with E-state index in [1.54, 1.807) is 30.3 Å². The lowest BCUT2D eigenvalue weighted by Crippen LogP contribution is -2.22. The van der Waals surface area contributed by atoms with Gasteiger partial charge >= 0.3 is 5.97 Å². The number of carbonyl (C=O) groups is 1. The van der Waals surface area contributed by atoms with E-state index in [1.807, 2.05) is 12.1 Å². The highest BCUT2D eigenvalue weighted by Crippen LogP contribution is 2.42. The Balaban J connectivity index is 2.24. The lowest BCUT2D eigenvalue weighted by atomic mass is 9.72. The summed E-state index contributed by atoms with van der Waals surface area (Å²) in [4.78, 5) is 11.3. The Morgan fingerprint density at radius 3 is 2.55 bits per heavy atom. The summed E-state index contributed by atoms with van der Waals surface area (Å²) in [5, 5.41) is 9.23. The molecule has 1 aliphatic carbocycles. The highest BCUT2D eigenvalue weighted by Gasteiger charge is 2.29. The molecule has 2 aromatic rings. The van der Waals surface area contributed by atoms with Gasteiger partial charge in [0.2, 0.25) is 0 Å². The highest BCUT2D eigenvalue weighted by molar-refractivity contribution is 5.92. The zero-order chi connectivity index (χ0) is 15.9. The van der Waals surface area contributed by atoms with Gasteiger partial charge < -0.3 is 5.11 Å². The van der Waals surface area contributed by atoms with Gasteiger partial charge in [0.05, 0.1) is 5.56 Å². The van der Waals surface area contributed by atoms with Gasteiger partial charge in [-0.15, -0.1) is 0 Å². The van der Waals surface area contributed by atoms with Gasteiger partial charge in [-0.05, 0) is 46.7 Å². The number of carboxylic acids is 1. The number of hydrogen-bond donors (Lipinski definition) is 1. The van der Waals surface area contributed by atoms with E-state index in [0.29, 0.717) is 5.56 Å². The van der Waals surface area contributed by atoms with Crippen molar-refractivity contribution in [1.82, 2.24) is 0 Å². The quantitative estimate of drug-likeness (QED) is 0.876. The van der Waals surface area contributed by atoms with Crippen molar-refractivity contribution in [1.29, 1.82) is 0 Å². The van der Waals surface area contributed by atoms with E-state index in [-0.39, 0.29) is 16.8 Å². The third-order valence-electron chi connectivity index (χ3n) is 4.27. The van der Waals surface area contributed by atoms with Crippen LogP contribution in [0.5, 0.6) is 0 Å². The Kier molecular flexibility index (Phi) is 3.36. The predicted octanol–water partition coefficient (Wildman–Crippen LogP) is 4.64. The van der Waals surface area contributed by atoms with Crippen molar-refractivity contribution in [2.24, 2.45) is 0 Å². The van der Waals surface area contributed by atoms with Crippen LogP contribution in [0, 0.1) is 5.82 Å². The van der Waals surface area contributed by atoms with Crippen LogP contribution in [0.4, 0.5) is 4.39 Å². The van der Waals surface area contributed by atoms with Crippen molar-refractivity contribution in [3.8, 4) is 0 Å². The second kappa shape index (κ2) is 5.09. The van der Waals surface area contributed by atoms with Crippen molar-refractivity contribution < 1.29 is 14.3 Å². The maximum atomic E-state index is 14.2. The first-order valence-corrected chi connectivity index (χ1v) is 7.23. The minimum Gasteiger partial charge on any atom is -0.478 e. The minimum atomic E-state index is -0.973. The average molecular weight is 296 g/mol. The summed E-state index contributed by atoms with van der Waals surface area (Å²) in [5.74, 6) is -1.26. The van der Waals surface area contributed by atoms with Gasteiger partial charge in [0.15, 0.2) is 0 Å². The second-order valence-corrected chi connectivity index (χ2v) is 6.25. The fourth-order valence-corrected chi connectivity index (χ4v) is 3.00. The van der Waals surface area contributed by atoms with Crippen molar-refractivity contribution >= 4 is 11.5 Å². The van der Waals surface area contributed by atoms with Crippen LogP contribution >= 0.6 is 0 Å². The summed E-state index contributed by atoms with van der Waals surface area (Å²) >= 11 is 0. The van der Waals surface area contributed by atoms with Gasteiger partial charge in [-0.1, -0.05) is 44.2 Å². The Labute approximate surface area is 128 Å². The summed E-state index contributed by atoms with van der Waals surface area (Å²) in [7, 11) is 0. The molecule has 3 heteroatoms. The van der Waals surface area contributed by atoms with Crippen molar-refractivity contribution in [3.05, 3.63) is 76.6 Å². The summed E-state index contributed by atoms with van der Waals surface area (Å²) in [6, 6.07) is 11.7. The van der Waals surface area contributed by atoms with Crippen LogP contribution in [0.1, 0.15) is 47.3 Å². The molecule has 1 N–H and O–H groups in total. The van der Waals surface area contributed by atoms with Crippen LogP contribution in [0.2, 0.25) is 0 Å². The Morgan fingerprint density at radius 2 is 1.86 bits per heavy atom. The van der Waals surface area contributed by atoms with Crippen LogP contribution in [0.15, 0.2) is 48.5 Å². The lowest BCUT2D eigenvalue weighted by molar-refractivity contribution is 0.0696. The number of carboxylic acid groups (broad SMARTS) is 1. The summed E-state index contributed by atoms with van der Waals surface area (Å²) in [6.07, 6.45) is 2.79. The average Bonchev–Trinajstić information content (AvgIpc) is 2.48. The van der Waals surface area contributed by atoms with E-state index in [1.165, 1.54) is 6.07 Å². The first kappa shape index (κ1) is 14.5. The molecule has 0 amide bonds. The molecule has 0 aliphatic heterocycles. The summed E-state index contributed by atoms with van der Waals surface area (Å²) in [6.45, 7) is 4.22. The van der Waals surface area contributed by atoms with Crippen LogP contribution in [0.3, 0.4) is 0 Å². The summed E-state index contributed by atoms with van der Waals surface area (Å²) in [5.41, 5.74) is 3.27. The Hall–Kier alpha value is -2.42. The molecule has 0 saturated carbocycles. The van der Waals surface area contributed by atoms with E-state index in [9.17, 15) is 14.3 Å². The molecule has 0 unspecified atom stereocenters. The maximum Gasteiger partial charge on any atom is 0.335 e. The molecule has 1 aliphatic rings. The molecule has 112 valence electrons. The standard InChI is InChI=1S/C19H17FO2/c1-19(2)10-9-13(14-5-3-4-6-17(14)20)15-11-12(18(21)22)7-8-16(15)19/h3-9,11H,10H2,1-2H3,(H,21,22). The maximum absolute atomic E-state index is 14.2. The van der Waals surface area contributed by atoms with E-state index >= 15 is 0 Å². The molecular weight excluding hydrogens is 279 g/mol. The highest BCUT2D eigenvalue weighted by atomic mass is 19.1. The van der Waals surface area contributed by atoms with Gasteiger partial charge in [-0.25, -0.2) is 9.18 Å². The molecule has 0 aromatic heterocycles. The van der Waals surface area contributed by atoms with E-state index in [0.717, 1.165) is 23.1 Å². The smallest absolute Gasteiger partial charge is 0.335 e. The number of benzene rings is 2. The van der Waals surface area contributed by atoms with Crippen LogP contribution in [0.25, 0.3) is 5.57 Å². The monoisotopic (exact) mass is 296 g/mol. The topological polar surface area (TPSA) is 37.3 Å². The molecule has 0 atom stereocenters. The number of halogens is 1. The molecule has 0 spiro atoms. The number of fused-ring (bicyclic) bond motifs is 1. The molecule has 2 aromatic carbocycles. The molecule has 0 radical (unpaired) electrons. The number of rotatable bonds is 2. The van der Waals surface area contributed by atoms with E-state index in [4.69, 9.17) is 0 Å². The molecule has 0 fully saturated rings. The van der Waals surface area contributed by atoms with E-state index in [2.05, 4.69) is 13.8 Å². The van der Waals surface area contributed by atoms with Gasteiger partial charge in [-0.2, -0.15) is 0 Å². The molecule has 3 rings (SSSR count). The lowest BCUT2D eigenvalue weighted by Gasteiger charge is -2.32. The van der Waals surface area contributed by atoms with Gasteiger partial charge in [0, 0.05) is 5.56 Å². The van der Waals surface area contributed by atoms with Crippen molar-refractivity contribution in [2.45, 2.75) is 25.7 Å². The summed E-state index contributed by atoms with van der Waals surface area (Å²) < 4.78 is 14.2. The molecule has 0 bridgehead atoms.